The van der Waals surface area contributed by atoms with E-state index in [-0.39, 0.29) is 5.92 Å². The van der Waals surface area contributed by atoms with Gasteiger partial charge < -0.3 is 15.4 Å². The molecule has 20 heavy (non-hydrogen) atoms. The van der Waals surface area contributed by atoms with Crippen molar-refractivity contribution < 1.29 is 9.53 Å². The summed E-state index contributed by atoms with van der Waals surface area (Å²) in [6, 6.07) is 7.83. The number of nitrogens with two attached hydrogens (primary N) is 1. The standard InChI is InChI=1S/C16H24N2O2/c1-13-6-4-9-18(16(13)19)10-5-11-20-15-8-3-2-7-14(15)12-17/h2-3,7-8,13H,4-6,9-12,17H2,1H3. The van der Waals surface area contributed by atoms with E-state index in [1.165, 1.54) is 0 Å². The fraction of sp³-hybridized carbons (Fsp3) is 0.562. The van der Waals surface area contributed by atoms with Crippen LogP contribution in [0.3, 0.4) is 0 Å². The van der Waals surface area contributed by atoms with Crippen molar-refractivity contribution in [3.05, 3.63) is 29.8 Å². The Balaban J connectivity index is 1.75. The molecule has 0 aliphatic carbocycles. The Morgan fingerprint density at radius 1 is 1.40 bits per heavy atom. The SMILES string of the molecule is CC1CCCN(CCCOc2ccccc2CN)C1=O. The Labute approximate surface area is 120 Å². The third-order valence-corrected chi connectivity index (χ3v) is 3.82. The normalized spacial score (nSPS) is 19.2. The van der Waals surface area contributed by atoms with Gasteiger partial charge in [-0.15, -0.1) is 0 Å². The number of hydrogen-bond acceptors (Lipinski definition) is 3. The molecule has 1 atom stereocenters. The van der Waals surface area contributed by atoms with Crippen LogP contribution in [0, 0.1) is 5.92 Å². The molecule has 1 unspecified atom stereocenters. The number of nitrogens with zero attached hydrogens (tertiary/aromatic N) is 1. The molecule has 1 aromatic rings. The summed E-state index contributed by atoms with van der Waals surface area (Å²) in [5, 5.41) is 0. The lowest BCUT2D eigenvalue weighted by Crippen LogP contribution is -2.41. The third-order valence-electron chi connectivity index (χ3n) is 3.82. The van der Waals surface area contributed by atoms with Gasteiger partial charge in [0.25, 0.3) is 0 Å². The molecule has 1 amide bonds. The zero-order chi connectivity index (χ0) is 14.4. The van der Waals surface area contributed by atoms with E-state index >= 15 is 0 Å². The molecule has 0 radical (unpaired) electrons. The summed E-state index contributed by atoms with van der Waals surface area (Å²) in [6.07, 6.45) is 3.00. The summed E-state index contributed by atoms with van der Waals surface area (Å²) in [5.74, 6) is 1.33. The van der Waals surface area contributed by atoms with E-state index < -0.39 is 0 Å². The summed E-state index contributed by atoms with van der Waals surface area (Å²) >= 11 is 0. The van der Waals surface area contributed by atoms with Crippen molar-refractivity contribution in [2.24, 2.45) is 11.7 Å². The molecule has 110 valence electrons. The van der Waals surface area contributed by atoms with Gasteiger partial charge in [0.05, 0.1) is 6.61 Å². The summed E-state index contributed by atoms with van der Waals surface area (Å²) in [4.78, 5) is 13.9. The van der Waals surface area contributed by atoms with Crippen molar-refractivity contribution in [2.75, 3.05) is 19.7 Å². The average molecular weight is 276 g/mol. The summed E-state index contributed by atoms with van der Waals surface area (Å²) in [5.41, 5.74) is 6.70. The van der Waals surface area contributed by atoms with Crippen LogP contribution < -0.4 is 10.5 Å². The number of carbonyl (C=O) groups is 1. The van der Waals surface area contributed by atoms with Crippen molar-refractivity contribution in [2.45, 2.75) is 32.7 Å². The number of para-hydroxylation sites is 1. The molecule has 2 rings (SSSR count). The topological polar surface area (TPSA) is 55.6 Å². The maximum absolute atomic E-state index is 12.0. The second-order valence-electron chi connectivity index (χ2n) is 5.38. The van der Waals surface area contributed by atoms with Gasteiger partial charge in [-0.1, -0.05) is 25.1 Å². The highest BCUT2D eigenvalue weighted by Gasteiger charge is 2.24. The third kappa shape index (κ3) is 3.73. The first kappa shape index (κ1) is 14.9. The molecule has 0 spiro atoms. The number of piperidine rings is 1. The first-order valence-corrected chi connectivity index (χ1v) is 7.42. The number of likely N-dealkylation sites (tertiary alicyclic amines) is 1. The van der Waals surface area contributed by atoms with E-state index in [4.69, 9.17) is 10.5 Å². The Bertz CT molecular complexity index is 448. The Hall–Kier alpha value is -1.55. The van der Waals surface area contributed by atoms with Crippen LogP contribution in [0.4, 0.5) is 0 Å². The van der Waals surface area contributed by atoms with Crippen LogP contribution in [0.1, 0.15) is 31.7 Å². The summed E-state index contributed by atoms with van der Waals surface area (Å²) in [7, 11) is 0. The lowest BCUT2D eigenvalue weighted by molar-refractivity contribution is -0.137. The molecule has 4 nitrogen and oxygen atoms in total. The highest BCUT2D eigenvalue weighted by atomic mass is 16.5. The first-order valence-electron chi connectivity index (χ1n) is 7.42. The van der Waals surface area contributed by atoms with Crippen molar-refractivity contribution in [3.8, 4) is 5.75 Å². The largest absolute Gasteiger partial charge is 0.493 e. The van der Waals surface area contributed by atoms with Gasteiger partial charge in [0.15, 0.2) is 0 Å². The molecule has 1 aromatic carbocycles. The maximum Gasteiger partial charge on any atom is 0.225 e. The monoisotopic (exact) mass is 276 g/mol. The molecule has 1 saturated heterocycles. The number of rotatable bonds is 6. The second-order valence-corrected chi connectivity index (χ2v) is 5.38. The van der Waals surface area contributed by atoms with Gasteiger partial charge in [-0.3, -0.25) is 4.79 Å². The molecule has 4 heteroatoms. The lowest BCUT2D eigenvalue weighted by atomic mass is 9.99. The molecule has 1 aliphatic rings. The van der Waals surface area contributed by atoms with E-state index in [2.05, 4.69) is 0 Å². The van der Waals surface area contributed by atoms with Gasteiger partial charge in [0.2, 0.25) is 5.91 Å². The first-order chi connectivity index (χ1) is 9.72. The van der Waals surface area contributed by atoms with E-state index in [9.17, 15) is 4.79 Å². The molecule has 1 aliphatic heterocycles. The Morgan fingerprint density at radius 3 is 3.00 bits per heavy atom. The lowest BCUT2D eigenvalue weighted by Gasteiger charge is -2.30. The second kappa shape index (κ2) is 7.29. The van der Waals surface area contributed by atoms with Crippen LogP contribution in [0.2, 0.25) is 0 Å². The number of ether oxygens (including phenoxy) is 1. The molecule has 2 N–H and O–H groups in total. The fourth-order valence-corrected chi connectivity index (χ4v) is 2.61. The summed E-state index contributed by atoms with van der Waals surface area (Å²) in [6.45, 7) is 4.80. The molecule has 0 bridgehead atoms. The zero-order valence-corrected chi connectivity index (χ0v) is 12.2. The predicted molar refractivity (Wildman–Crippen MR) is 79.4 cm³/mol. The highest BCUT2D eigenvalue weighted by molar-refractivity contribution is 5.79. The minimum absolute atomic E-state index is 0.183. The quantitative estimate of drug-likeness (QED) is 0.810. The molecular weight excluding hydrogens is 252 g/mol. The van der Waals surface area contributed by atoms with Gasteiger partial charge in [-0.25, -0.2) is 0 Å². The van der Waals surface area contributed by atoms with Gasteiger partial charge in [0.1, 0.15) is 5.75 Å². The van der Waals surface area contributed by atoms with E-state index in [0.717, 1.165) is 43.7 Å². The highest BCUT2D eigenvalue weighted by Crippen LogP contribution is 2.19. The van der Waals surface area contributed by atoms with Crippen LogP contribution in [0.25, 0.3) is 0 Å². The predicted octanol–water partition coefficient (Wildman–Crippen LogP) is 2.17. The maximum atomic E-state index is 12.0. The molecule has 0 aromatic heterocycles. The van der Waals surface area contributed by atoms with Gasteiger partial charge in [-0.2, -0.15) is 0 Å². The van der Waals surface area contributed by atoms with E-state index in [1.54, 1.807) is 0 Å². The van der Waals surface area contributed by atoms with Gasteiger partial charge in [-0.05, 0) is 25.3 Å². The molecule has 0 saturated carbocycles. The summed E-state index contributed by atoms with van der Waals surface area (Å²) < 4.78 is 5.76. The number of amides is 1. The van der Waals surface area contributed by atoms with Crippen molar-refractivity contribution in [1.82, 2.24) is 4.90 Å². The van der Waals surface area contributed by atoms with Gasteiger partial charge >= 0.3 is 0 Å². The minimum Gasteiger partial charge on any atom is -0.493 e. The van der Waals surface area contributed by atoms with Crippen molar-refractivity contribution in [3.63, 3.8) is 0 Å². The Morgan fingerprint density at radius 2 is 2.20 bits per heavy atom. The van der Waals surface area contributed by atoms with Crippen molar-refractivity contribution in [1.29, 1.82) is 0 Å². The molecule has 1 heterocycles. The van der Waals surface area contributed by atoms with E-state index in [1.807, 2.05) is 36.1 Å². The van der Waals surface area contributed by atoms with Crippen LogP contribution in [-0.4, -0.2) is 30.5 Å². The zero-order valence-electron chi connectivity index (χ0n) is 12.2. The van der Waals surface area contributed by atoms with Gasteiger partial charge in [0, 0.05) is 31.1 Å². The number of benzene rings is 1. The van der Waals surface area contributed by atoms with Crippen LogP contribution in [0.5, 0.6) is 5.75 Å². The Kier molecular flexibility index (Phi) is 5.41. The minimum atomic E-state index is 0.183. The van der Waals surface area contributed by atoms with Crippen LogP contribution >= 0.6 is 0 Å². The molecule has 1 fully saturated rings. The smallest absolute Gasteiger partial charge is 0.225 e. The van der Waals surface area contributed by atoms with Crippen molar-refractivity contribution >= 4 is 5.91 Å². The van der Waals surface area contributed by atoms with Crippen LogP contribution in [0.15, 0.2) is 24.3 Å². The molecular formula is C16H24N2O2. The number of carbonyl (C=O) groups excluding carboxylic acids is 1. The van der Waals surface area contributed by atoms with Crippen LogP contribution in [-0.2, 0) is 11.3 Å². The average Bonchev–Trinajstić information content (AvgIpc) is 2.48. The van der Waals surface area contributed by atoms with E-state index in [0.29, 0.717) is 19.1 Å². The number of hydrogen-bond donors (Lipinski definition) is 1. The fourth-order valence-electron chi connectivity index (χ4n) is 2.61.